The van der Waals surface area contributed by atoms with Crippen molar-refractivity contribution in [3.8, 4) is 0 Å². The molecule has 154 valence electrons. The van der Waals surface area contributed by atoms with Gasteiger partial charge in [0.2, 0.25) is 0 Å². The summed E-state index contributed by atoms with van der Waals surface area (Å²) in [7, 11) is 1.38. The first-order chi connectivity index (χ1) is 14.1. The van der Waals surface area contributed by atoms with E-state index < -0.39 is 0 Å². The number of rotatable bonds is 6. The first-order valence-corrected chi connectivity index (χ1v) is 10.1. The predicted molar refractivity (Wildman–Crippen MR) is 116 cm³/mol. The zero-order valence-corrected chi connectivity index (χ0v) is 17.4. The second kappa shape index (κ2) is 10.1. The van der Waals surface area contributed by atoms with Gasteiger partial charge >= 0.3 is 5.97 Å². The number of ether oxygens (including phenoxy) is 1. The molecule has 0 spiro atoms. The summed E-state index contributed by atoms with van der Waals surface area (Å²) >= 11 is 6.28. The van der Waals surface area contributed by atoms with E-state index in [1.165, 1.54) is 7.11 Å². The van der Waals surface area contributed by atoms with Crippen molar-refractivity contribution in [1.82, 2.24) is 15.6 Å². The first-order valence-electron chi connectivity index (χ1n) is 9.68. The third-order valence-electron chi connectivity index (χ3n) is 4.71. The van der Waals surface area contributed by atoms with Crippen LogP contribution in [0.4, 0.5) is 5.82 Å². The van der Waals surface area contributed by atoms with Gasteiger partial charge in [0.1, 0.15) is 5.82 Å². The number of benzene rings is 1. The molecule has 1 aromatic heterocycles. The van der Waals surface area contributed by atoms with Gasteiger partial charge in [-0.25, -0.2) is 14.8 Å². The monoisotopic (exact) mass is 415 g/mol. The van der Waals surface area contributed by atoms with Gasteiger partial charge in [0.15, 0.2) is 5.96 Å². The van der Waals surface area contributed by atoms with Crippen LogP contribution in [0, 0.1) is 0 Å². The molecule has 0 radical (unpaired) electrons. The van der Waals surface area contributed by atoms with Crippen molar-refractivity contribution < 1.29 is 9.53 Å². The van der Waals surface area contributed by atoms with E-state index in [1.54, 1.807) is 18.3 Å². The third kappa shape index (κ3) is 5.60. The summed E-state index contributed by atoms with van der Waals surface area (Å²) in [6, 6.07) is 11.2. The molecule has 1 fully saturated rings. The van der Waals surface area contributed by atoms with E-state index in [2.05, 4.69) is 25.5 Å². The lowest BCUT2D eigenvalue weighted by Gasteiger charge is -2.20. The Morgan fingerprint density at radius 2 is 2.14 bits per heavy atom. The Hall–Kier alpha value is -2.80. The number of carbonyl (C=O) groups excluding carboxylic acids is 1. The minimum atomic E-state index is -0.339. The average Bonchev–Trinajstić information content (AvgIpc) is 3.20. The number of aliphatic imine (C=N–C) groups is 1. The lowest BCUT2D eigenvalue weighted by molar-refractivity contribution is 0.0600. The maximum atomic E-state index is 11.5. The summed E-state index contributed by atoms with van der Waals surface area (Å²) in [5.41, 5.74) is 1.55. The lowest BCUT2D eigenvalue weighted by Crippen LogP contribution is -2.44. The standard InChI is InChI=1S/C21H26ClN5O2/c1-3-23-21(25-13-15-6-8-16(9-7-15)20(28)29-2)26-17-10-12-27(14-17)19-18(22)5-4-11-24-19/h4-9,11,17H,3,10,12-14H2,1-2H3,(H2,23,25,26). The Bertz CT molecular complexity index is 856. The molecule has 1 aromatic carbocycles. The lowest BCUT2D eigenvalue weighted by atomic mass is 10.1. The second-order valence-corrected chi connectivity index (χ2v) is 7.18. The minimum absolute atomic E-state index is 0.257. The van der Waals surface area contributed by atoms with Crippen LogP contribution in [0.3, 0.4) is 0 Å². The molecule has 2 N–H and O–H groups in total. The number of esters is 1. The molecule has 1 atom stereocenters. The van der Waals surface area contributed by atoms with Crippen molar-refractivity contribution in [2.75, 3.05) is 31.6 Å². The molecule has 7 nitrogen and oxygen atoms in total. The molecule has 1 unspecified atom stereocenters. The van der Waals surface area contributed by atoms with Gasteiger partial charge < -0.3 is 20.3 Å². The van der Waals surface area contributed by atoms with Gasteiger partial charge in [-0.1, -0.05) is 23.7 Å². The number of halogens is 1. The van der Waals surface area contributed by atoms with E-state index in [0.717, 1.165) is 43.4 Å². The van der Waals surface area contributed by atoms with Crippen molar-refractivity contribution in [2.45, 2.75) is 25.9 Å². The normalized spacial score (nSPS) is 16.6. The Kier molecular flexibility index (Phi) is 7.30. The van der Waals surface area contributed by atoms with Crippen LogP contribution in [-0.4, -0.2) is 49.7 Å². The zero-order valence-electron chi connectivity index (χ0n) is 16.7. The zero-order chi connectivity index (χ0) is 20.6. The fourth-order valence-electron chi connectivity index (χ4n) is 3.23. The molecule has 3 rings (SSSR count). The molecule has 2 heterocycles. The fraction of sp³-hybridized carbons (Fsp3) is 0.381. The van der Waals surface area contributed by atoms with Crippen molar-refractivity contribution in [3.05, 3.63) is 58.7 Å². The van der Waals surface area contributed by atoms with Gasteiger partial charge in [-0.2, -0.15) is 0 Å². The summed E-state index contributed by atoms with van der Waals surface area (Å²) in [5.74, 6) is 1.25. The Morgan fingerprint density at radius 3 is 2.83 bits per heavy atom. The van der Waals surface area contributed by atoms with E-state index in [1.807, 2.05) is 31.2 Å². The number of methoxy groups -OCH3 is 1. The summed E-state index contributed by atoms with van der Waals surface area (Å²) in [5, 5.41) is 7.46. The molecule has 0 aliphatic carbocycles. The maximum absolute atomic E-state index is 11.5. The van der Waals surface area contributed by atoms with E-state index in [9.17, 15) is 4.79 Å². The molecule has 1 saturated heterocycles. The first kappa shape index (κ1) is 20.9. The summed E-state index contributed by atoms with van der Waals surface area (Å²) in [6.45, 7) is 5.03. The van der Waals surface area contributed by atoms with Gasteiger partial charge in [-0.15, -0.1) is 0 Å². The van der Waals surface area contributed by atoms with E-state index in [0.29, 0.717) is 17.1 Å². The van der Waals surface area contributed by atoms with Gasteiger partial charge in [0, 0.05) is 31.9 Å². The molecule has 8 heteroatoms. The molecule has 2 aromatic rings. The minimum Gasteiger partial charge on any atom is -0.465 e. The van der Waals surface area contributed by atoms with E-state index in [4.69, 9.17) is 16.3 Å². The predicted octanol–water partition coefficient (Wildman–Crippen LogP) is 2.86. The molecule has 29 heavy (non-hydrogen) atoms. The van der Waals surface area contributed by atoms with Crippen molar-refractivity contribution >= 4 is 29.3 Å². The molecular weight excluding hydrogens is 390 g/mol. The van der Waals surface area contributed by atoms with Crippen LogP contribution in [0.15, 0.2) is 47.6 Å². The number of hydrogen-bond acceptors (Lipinski definition) is 5. The van der Waals surface area contributed by atoms with E-state index in [-0.39, 0.29) is 12.0 Å². The van der Waals surface area contributed by atoms with Gasteiger partial charge in [-0.3, -0.25) is 0 Å². The van der Waals surface area contributed by atoms with E-state index >= 15 is 0 Å². The molecule has 0 amide bonds. The highest BCUT2D eigenvalue weighted by atomic mass is 35.5. The van der Waals surface area contributed by atoms with Crippen LogP contribution in [-0.2, 0) is 11.3 Å². The molecule has 0 saturated carbocycles. The van der Waals surface area contributed by atoms with Crippen molar-refractivity contribution in [3.63, 3.8) is 0 Å². The number of aromatic nitrogens is 1. The summed E-state index contributed by atoms with van der Waals surface area (Å²) in [6.07, 6.45) is 2.74. The molecule has 1 aliphatic heterocycles. The number of pyridine rings is 1. The fourth-order valence-corrected chi connectivity index (χ4v) is 3.47. The Labute approximate surface area is 176 Å². The number of guanidine groups is 1. The quantitative estimate of drug-likeness (QED) is 0.429. The van der Waals surface area contributed by atoms with Crippen molar-refractivity contribution in [1.29, 1.82) is 0 Å². The average molecular weight is 416 g/mol. The Morgan fingerprint density at radius 1 is 1.34 bits per heavy atom. The third-order valence-corrected chi connectivity index (χ3v) is 5.00. The van der Waals surface area contributed by atoms with Crippen LogP contribution in [0.2, 0.25) is 5.02 Å². The summed E-state index contributed by atoms with van der Waals surface area (Å²) < 4.78 is 4.73. The highest BCUT2D eigenvalue weighted by Crippen LogP contribution is 2.25. The van der Waals surface area contributed by atoms with Gasteiger partial charge in [0.05, 0.1) is 24.2 Å². The number of nitrogens with zero attached hydrogens (tertiary/aromatic N) is 3. The van der Waals surface area contributed by atoms with Crippen LogP contribution >= 0.6 is 11.6 Å². The van der Waals surface area contributed by atoms with Crippen LogP contribution in [0.25, 0.3) is 0 Å². The second-order valence-electron chi connectivity index (χ2n) is 6.77. The largest absolute Gasteiger partial charge is 0.465 e. The number of hydrogen-bond donors (Lipinski definition) is 2. The SMILES string of the molecule is CCNC(=NCc1ccc(C(=O)OC)cc1)NC1CCN(c2ncccc2Cl)C1. The maximum Gasteiger partial charge on any atom is 0.337 e. The Balaban J connectivity index is 1.60. The van der Waals surface area contributed by atoms with Crippen LogP contribution in [0.5, 0.6) is 0 Å². The molecular formula is C21H26ClN5O2. The number of nitrogens with one attached hydrogen (secondary N) is 2. The van der Waals surface area contributed by atoms with Crippen LogP contribution < -0.4 is 15.5 Å². The summed E-state index contributed by atoms with van der Waals surface area (Å²) in [4.78, 5) is 22.8. The molecule has 0 bridgehead atoms. The number of anilines is 1. The van der Waals surface area contributed by atoms with Crippen LogP contribution in [0.1, 0.15) is 29.3 Å². The van der Waals surface area contributed by atoms with Gasteiger partial charge in [0.25, 0.3) is 0 Å². The highest BCUT2D eigenvalue weighted by molar-refractivity contribution is 6.32. The highest BCUT2D eigenvalue weighted by Gasteiger charge is 2.25. The van der Waals surface area contributed by atoms with Crippen molar-refractivity contribution in [2.24, 2.45) is 4.99 Å². The topological polar surface area (TPSA) is 78.8 Å². The molecule has 1 aliphatic rings. The van der Waals surface area contributed by atoms with Gasteiger partial charge in [-0.05, 0) is 43.2 Å². The smallest absolute Gasteiger partial charge is 0.337 e. The number of carbonyl (C=O) groups is 1.